The number of aryl methyl sites for hydroxylation is 1. The fourth-order valence-electron chi connectivity index (χ4n) is 3.04. The first-order valence-corrected chi connectivity index (χ1v) is 7.54. The summed E-state index contributed by atoms with van der Waals surface area (Å²) in [6, 6.07) is 0. The Morgan fingerprint density at radius 1 is 1.35 bits per heavy atom. The molecule has 1 heterocycles. The van der Waals surface area contributed by atoms with E-state index in [-0.39, 0.29) is 6.10 Å². The Morgan fingerprint density at radius 2 is 2.12 bits per heavy atom. The highest BCUT2D eigenvalue weighted by Crippen LogP contribution is 2.41. The van der Waals surface area contributed by atoms with Crippen LogP contribution in [0.25, 0.3) is 0 Å². The third-order valence-electron chi connectivity index (χ3n) is 4.09. The van der Waals surface area contributed by atoms with Crippen molar-refractivity contribution in [3.63, 3.8) is 0 Å². The molecule has 4 heteroatoms. The van der Waals surface area contributed by atoms with Gasteiger partial charge in [-0.3, -0.25) is 0 Å². The van der Waals surface area contributed by atoms with Crippen LogP contribution in [0.1, 0.15) is 62.6 Å². The minimum atomic E-state index is -0.338. The lowest BCUT2D eigenvalue weighted by molar-refractivity contribution is 0.0470. The number of rotatable bonds is 4. The van der Waals surface area contributed by atoms with Gasteiger partial charge >= 0.3 is 0 Å². The van der Waals surface area contributed by atoms with Crippen LogP contribution >= 0.6 is 11.5 Å². The Morgan fingerprint density at radius 3 is 2.82 bits per heavy atom. The van der Waals surface area contributed by atoms with Crippen molar-refractivity contribution in [3.8, 4) is 0 Å². The molecular formula is C13H22N2OS. The molecule has 1 aromatic heterocycles. The third-order valence-corrected chi connectivity index (χ3v) is 4.92. The molecule has 0 aliphatic heterocycles. The van der Waals surface area contributed by atoms with Crippen LogP contribution in [0.5, 0.6) is 0 Å². The van der Waals surface area contributed by atoms with E-state index in [1.54, 1.807) is 0 Å². The molecule has 0 saturated heterocycles. The molecule has 0 bridgehead atoms. The number of hydrogen-bond acceptors (Lipinski definition) is 4. The highest BCUT2D eigenvalue weighted by atomic mass is 32.1. The fourth-order valence-corrected chi connectivity index (χ4v) is 3.84. The average molecular weight is 254 g/mol. The molecule has 1 N–H and O–H groups in total. The van der Waals surface area contributed by atoms with E-state index in [9.17, 15) is 5.11 Å². The molecule has 0 aromatic carbocycles. The zero-order chi connectivity index (χ0) is 12.3. The molecule has 2 rings (SSSR count). The summed E-state index contributed by atoms with van der Waals surface area (Å²) in [5, 5.41) is 14.7. The van der Waals surface area contributed by atoms with Gasteiger partial charge in [0.2, 0.25) is 0 Å². The van der Waals surface area contributed by atoms with Gasteiger partial charge in [0.1, 0.15) is 0 Å². The van der Waals surface area contributed by atoms with Gasteiger partial charge in [-0.2, -0.15) is 0 Å². The predicted octanol–water partition coefficient (Wildman–Crippen LogP) is 3.35. The second-order valence-corrected chi connectivity index (χ2v) is 5.78. The van der Waals surface area contributed by atoms with Crippen LogP contribution in [0.2, 0.25) is 0 Å². The summed E-state index contributed by atoms with van der Waals surface area (Å²) in [5.41, 5.74) is 0.989. The monoisotopic (exact) mass is 254 g/mol. The van der Waals surface area contributed by atoms with Crippen molar-refractivity contribution in [3.05, 3.63) is 10.6 Å². The fraction of sp³-hybridized carbons (Fsp3) is 0.846. The third kappa shape index (κ3) is 2.68. The molecule has 3 unspecified atom stereocenters. The van der Waals surface area contributed by atoms with Crippen LogP contribution in [-0.2, 0) is 6.42 Å². The molecule has 3 atom stereocenters. The minimum absolute atomic E-state index is 0.338. The second kappa shape index (κ2) is 5.91. The maximum Gasteiger partial charge on any atom is 0.0947 e. The predicted molar refractivity (Wildman–Crippen MR) is 70.0 cm³/mol. The Balaban J connectivity index is 2.15. The van der Waals surface area contributed by atoms with Crippen molar-refractivity contribution in [2.24, 2.45) is 11.8 Å². The zero-order valence-electron chi connectivity index (χ0n) is 10.7. The lowest BCUT2D eigenvalue weighted by Gasteiger charge is -2.33. The lowest BCUT2D eigenvalue weighted by Crippen LogP contribution is -2.25. The van der Waals surface area contributed by atoms with Crippen molar-refractivity contribution in [1.29, 1.82) is 0 Å². The first-order chi connectivity index (χ1) is 8.27. The van der Waals surface area contributed by atoms with Gasteiger partial charge in [0.15, 0.2) is 0 Å². The summed E-state index contributed by atoms with van der Waals surface area (Å²) in [7, 11) is 0. The van der Waals surface area contributed by atoms with Gasteiger partial charge in [-0.25, -0.2) is 0 Å². The summed E-state index contributed by atoms with van der Waals surface area (Å²) >= 11 is 1.38. The van der Waals surface area contributed by atoms with Crippen LogP contribution in [0.4, 0.5) is 0 Å². The van der Waals surface area contributed by atoms with Crippen molar-refractivity contribution < 1.29 is 5.11 Å². The molecule has 1 fully saturated rings. The summed E-state index contributed by atoms with van der Waals surface area (Å²) < 4.78 is 3.99. The van der Waals surface area contributed by atoms with Crippen molar-refractivity contribution in [2.45, 2.75) is 58.5 Å². The van der Waals surface area contributed by atoms with Gasteiger partial charge in [-0.1, -0.05) is 44.0 Å². The molecular weight excluding hydrogens is 232 g/mol. The maximum atomic E-state index is 10.6. The summed E-state index contributed by atoms with van der Waals surface area (Å²) in [5.74, 6) is 1.09. The van der Waals surface area contributed by atoms with E-state index in [1.807, 2.05) is 0 Å². The standard InChI is InChI=1S/C13H22N2OS/c1-3-9-7-5-6-8-10(9)12(16)13-11(4-2)14-15-17-13/h9-10,12,16H,3-8H2,1-2H3. The minimum Gasteiger partial charge on any atom is -0.387 e. The van der Waals surface area contributed by atoms with Gasteiger partial charge < -0.3 is 5.11 Å². The van der Waals surface area contributed by atoms with Gasteiger partial charge in [0, 0.05) is 0 Å². The van der Waals surface area contributed by atoms with Gasteiger partial charge in [0.25, 0.3) is 0 Å². The molecule has 17 heavy (non-hydrogen) atoms. The highest BCUT2D eigenvalue weighted by molar-refractivity contribution is 7.05. The Kier molecular flexibility index (Phi) is 4.51. The Labute approximate surface area is 107 Å². The lowest BCUT2D eigenvalue weighted by atomic mass is 9.74. The number of aromatic nitrogens is 2. The molecule has 1 aliphatic rings. The molecule has 3 nitrogen and oxygen atoms in total. The number of nitrogens with zero attached hydrogens (tertiary/aromatic N) is 2. The van der Waals surface area contributed by atoms with Crippen LogP contribution in [0.15, 0.2) is 0 Å². The van der Waals surface area contributed by atoms with Crippen molar-refractivity contribution in [1.82, 2.24) is 9.59 Å². The van der Waals surface area contributed by atoms with Gasteiger partial charge in [-0.05, 0) is 36.2 Å². The topological polar surface area (TPSA) is 46.0 Å². The van der Waals surface area contributed by atoms with Gasteiger partial charge in [-0.15, -0.1) is 5.10 Å². The van der Waals surface area contributed by atoms with E-state index in [4.69, 9.17) is 0 Å². The molecule has 1 saturated carbocycles. The molecule has 1 aliphatic carbocycles. The Bertz CT molecular complexity index is 353. The van der Waals surface area contributed by atoms with E-state index in [0.717, 1.165) is 23.4 Å². The summed E-state index contributed by atoms with van der Waals surface area (Å²) in [6.45, 7) is 4.31. The number of aliphatic hydroxyl groups is 1. The summed E-state index contributed by atoms with van der Waals surface area (Å²) in [4.78, 5) is 1.01. The quantitative estimate of drug-likeness (QED) is 0.896. The molecule has 96 valence electrons. The van der Waals surface area contributed by atoms with Crippen LogP contribution < -0.4 is 0 Å². The molecule has 0 radical (unpaired) electrons. The first kappa shape index (κ1) is 13.0. The average Bonchev–Trinajstić information content (AvgIpc) is 2.86. The normalized spacial score (nSPS) is 27.0. The number of aliphatic hydroxyl groups excluding tert-OH is 1. The molecule has 0 amide bonds. The van der Waals surface area contributed by atoms with Gasteiger partial charge in [0.05, 0.1) is 16.7 Å². The van der Waals surface area contributed by atoms with E-state index < -0.39 is 0 Å². The molecule has 0 spiro atoms. The first-order valence-electron chi connectivity index (χ1n) is 6.77. The van der Waals surface area contributed by atoms with E-state index >= 15 is 0 Å². The van der Waals surface area contributed by atoms with Crippen molar-refractivity contribution >= 4 is 11.5 Å². The van der Waals surface area contributed by atoms with Crippen LogP contribution in [0.3, 0.4) is 0 Å². The second-order valence-electron chi connectivity index (χ2n) is 5.00. The smallest absolute Gasteiger partial charge is 0.0947 e. The van der Waals surface area contributed by atoms with Crippen molar-refractivity contribution in [2.75, 3.05) is 0 Å². The SMILES string of the molecule is CCc1nnsc1C(O)C1CCCCC1CC. The zero-order valence-corrected chi connectivity index (χ0v) is 11.5. The highest BCUT2D eigenvalue weighted by Gasteiger charge is 2.32. The largest absolute Gasteiger partial charge is 0.387 e. The number of hydrogen-bond donors (Lipinski definition) is 1. The summed E-state index contributed by atoms with van der Waals surface area (Å²) in [6.07, 6.45) is 6.71. The van der Waals surface area contributed by atoms with E-state index in [2.05, 4.69) is 23.4 Å². The molecule has 1 aromatic rings. The maximum absolute atomic E-state index is 10.6. The van der Waals surface area contributed by atoms with E-state index in [1.165, 1.54) is 37.2 Å². The van der Waals surface area contributed by atoms with Crippen LogP contribution in [0, 0.1) is 11.8 Å². The Hall–Kier alpha value is -0.480. The van der Waals surface area contributed by atoms with E-state index in [0.29, 0.717) is 11.8 Å². The van der Waals surface area contributed by atoms with Crippen LogP contribution in [-0.4, -0.2) is 14.7 Å².